The lowest BCUT2D eigenvalue weighted by atomic mass is 10.0. The molecule has 0 radical (unpaired) electrons. The SMILES string of the molecule is O=C(c1ccc(F)cc1)c1cc2c(cc1Br)OCCCO2. The number of halogens is 2. The highest BCUT2D eigenvalue weighted by molar-refractivity contribution is 9.10. The lowest BCUT2D eigenvalue weighted by Crippen LogP contribution is -2.04. The third-order valence-electron chi connectivity index (χ3n) is 3.19. The molecule has 0 aliphatic carbocycles. The lowest BCUT2D eigenvalue weighted by Gasteiger charge is -2.11. The van der Waals surface area contributed by atoms with Gasteiger partial charge in [-0.05, 0) is 52.3 Å². The van der Waals surface area contributed by atoms with Gasteiger partial charge in [-0.3, -0.25) is 4.79 Å². The molecule has 0 atom stereocenters. The average molecular weight is 351 g/mol. The van der Waals surface area contributed by atoms with Crippen LogP contribution in [0.3, 0.4) is 0 Å². The predicted molar refractivity (Wildman–Crippen MR) is 79.6 cm³/mol. The Labute approximate surface area is 129 Å². The molecule has 3 nitrogen and oxygen atoms in total. The summed E-state index contributed by atoms with van der Waals surface area (Å²) in [5.74, 6) is 0.609. The van der Waals surface area contributed by atoms with Gasteiger partial charge in [0.2, 0.25) is 0 Å². The smallest absolute Gasteiger partial charge is 0.194 e. The van der Waals surface area contributed by atoms with Crippen molar-refractivity contribution >= 4 is 21.7 Å². The van der Waals surface area contributed by atoms with Gasteiger partial charge in [-0.25, -0.2) is 4.39 Å². The van der Waals surface area contributed by atoms with Crippen LogP contribution in [0.15, 0.2) is 40.9 Å². The third kappa shape index (κ3) is 2.93. The van der Waals surface area contributed by atoms with Crippen LogP contribution in [0.2, 0.25) is 0 Å². The zero-order valence-corrected chi connectivity index (χ0v) is 12.7. The fourth-order valence-electron chi connectivity index (χ4n) is 2.11. The van der Waals surface area contributed by atoms with Gasteiger partial charge in [-0.1, -0.05) is 0 Å². The van der Waals surface area contributed by atoms with E-state index in [1.807, 2.05) is 0 Å². The Bertz CT molecular complexity index is 683. The number of hydrogen-bond acceptors (Lipinski definition) is 3. The molecule has 3 rings (SSSR count). The van der Waals surface area contributed by atoms with E-state index >= 15 is 0 Å². The maximum Gasteiger partial charge on any atom is 0.194 e. The van der Waals surface area contributed by atoms with Crippen LogP contribution in [-0.2, 0) is 0 Å². The second kappa shape index (κ2) is 5.85. The van der Waals surface area contributed by atoms with E-state index in [9.17, 15) is 9.18 Å². The molecule has 1 aliphatic heterocycles. The monoisotopic (exact) mass is 350 g/mol. The summed E-state index contributed by atoms with van der Waals surface area (Å²) in [6, 6.07) is 8.86. The van der Waals surface area contributed by atoms with Crippen molar-refractivity contribution in [2.24, 2.45) is 0 Å². The fourth-order valence-corrected chi connectivity index (χ4v) is 2.62. The Hall–Kier alpha value is -1.88. The van der Waals surface area contributed by atoms with Gasteiger partial charge in [-0.2, -0.15) is 0 Å². The Morgan fingerprint density at radius 3 is 2.33 bits per heavy atom. The molecule has 0 saturated carbocycles. The Kier molecular flexibility index (Phi) is 3.92. The van der Waals surface area contributed by atoms with Gasteiger partial charge in [0.25, 0.3) is 0 Å². The topological polar surface area (TPSA) is 35.5 Å². The van der Waals surface area contributed by atoms with Gasteiger partial charge in [0.15, 0.2) is 17.3 Å². The molecule has 108 valence electrons. The molecule has 2 aromatic rings. The largest absolute Gasteiger partial charge is 0.490 e. The van der Waals surface area contributed by atoms with Crippen molar-refractivity contribution in [3.8, 4) is 11.5 Å². The molecule has 0 bridgehead atoms. The van der Waals surface area contributed by atoms with Gasteiger partial charge >= 0.3 is 0 Å². The predicted octanol–water partition coefficient (Wildman–Crippen LogP) is 3.98. The number of ether oxygens (including phenoxy) is 2. The molecule has 2 aromatic carbocycles. The molecule has 1 heterocycles. The summed E-state index contributed by atoms with van der Waals surface area (Å²) >= 11 is 3.38. The van der Waals surface area contributed by atoms with Gasteiger partial charge in [0.05, 0.1) is 13.2 Å². The van der Waals surface area contributed by atoms with Crippen molar-refractivity contribution in [1.29, 1.82) is 0 Å². The minimum absolute atomic E-state index is 0.197. The highest BCUT2D eigenvalue weighted by Gasteiger charge is 2.19. The Morgan fingerprint density at radius 2 is 1.67 bits per heavy atom. The Balaban J connectivity index is 2.00. The van der Waals surface area contributed by atoms with E-state index < -0.39 is 0 Å². The molecule has 0 N–H and O–H groups in total. The summed E-state index contributed by atoms with van der Waals surface area (Å²) in [5.41, 5.74) is 0.887. The van der Waals surface area contributed by atoms with Crippen LogP contribution in [0.4, 0.5) is 4.39 Å². The first-order valence-corrected chi connectivity index (χ1v) is 7.34. The summed E-state index contributed by atoms with van der Waals surface area (Å²) in [4.78, 5) is 12.5. The highest BCUT2D eigenvalue weighted by atomic mass is 79.9. The molecular weight excluding hydrogens is 339 g/mol. The molecule has 5 heteroatoms. The van der Waals surface area contributed by atoms with Crippen molar-refractivity contribution < 1.29 is 18.7 Å². The molecule has 0 unspecified atom stereocenters. The first-order valence-electron chi connectivity index (χ1n) is 6.54. The molecule has 0 fully saturated rings. The van der Waals surface area contributed by atoms with Crippen LogP contribution in [0.25, 0.3) is 0 Å². The van der Waals surface area contributed by atoms with E-state index in [1.54, 1.807) is 12.1 Å². The zero-order valence-electron chi connectivity index (χ0n) is 11.1. The van der Waals surface area contributed by atoms with Crippen LogP contribution in [0, 0.1) is 5.82 Å². The van der Waals surface area contributed by atoms with Crippen LogP contribution >= 0.6 is 15.9 Å². The maximum absolute atomic E-state index is 12.9. The van der Waals surface area contributed by atoms with Crippen LogP contribution < -0.4 is 9.47 Å². The first kappa shape index (κ1) is 14.1. The van der Waals surface area contributed by atoms with Gasteiger partial charge in [0.1, 0.15) is 5.82 Å². The van der Waals surface area contributed by atoms with Crippen LogP contribution in [0.5, 0.6) is 11.5 Å². The van der Waals surface area contributed by atoms with E-state index in [4.69, 9.17) is 9.47 Å². The summed E-state index contributed by atoms with van der Waals surface area (Å²) in [7, 11) is 0. The van der Waals surface area contributed by atoms with Crippen molar-refractivity contribution in [1.82, 2.24) is 0 Å². The van der Waals surface area contributed by atoms with Crippen molar-refractivity contribution in [3.05, 3.63) is 57.8 Å². The van der Waals surface area contributed by atoms with Crippen LogP contribution in [0.1, 0.15) is 22.3 Å². The molecule has 21 heavy (non-hydrogen) atoms. The van der Waals surface area contributed by atoms with E-state index in [-0.39, 0.29) is 11.6 Å². The number of hydrogen-bond donors (Lipinski definition) is 0. The second-order valence-electron chi connectivity index (χ2n) is 4.67. The van der Waals surface area contributed by atoms with E-state index in [0.29, 0.717) is 40.3 Å². The molecule has 0 spiro atoms. The number of carbonyl (C=O) groups is 1. The van der Waals surface area contributed by atoms with Gasteiger partial charge in [-0.15, -0.1) is 0 Å². The number of carbonyl (C=O) groups excluding carboxylic acids is 1. The zero-order chi connectivity index (χ0) is 14.8. The molecule has 0 amide bonds. The highest BCUT2D eigenvalue weighted by Crippen LogP contribution is 2.36. The van der Waals surface area contributed by atoms with Crippen molar-refractivity contribution in [2.45, 2.75) is 6.42 Å². The number of fused-ring (bicyclic) bond motifs is 1. The summed E-state index contributed by atoms with van der Waals surface area (Å²) in [6.07, 6.45) is 0.799. The maximum atomic E-state index is 12.9. The minimum atomic E-state index is -0.371. The van der Waals surface area contributed by atoms with E-state index in [1.165, 1.54) is 24.3 Å². The fraction of sp³-hybridized carbons (Fsp3) is 0.188. The van der Waals surface area contributed by atoms with Crippen molar-refractivity contribution in [2.75, 3.05) is 13.2 Å². The number of benzene rings is 2. The standard InChI is InChI=1S/C16H12BrFO3/c17-13-9-15-14(20-6-1-7-21-15)8-12(13)16(19)10-2-4-11(18)5-3-10/h2-5,8-9H,1,6-7H2. The summed E-state index contributed by atoms with van der Waals surface area (Å²) in [5, 5.41) is 0. The van der Waals surface area contributed by atoms with Crippen LogP contribution in [-0.4, -0.2) is 19.0 Å². The summed E-state index contributed by atoms with van der Waals surface area (Å²) < 4.78 is 24.7. The number of ketones is 1. The molecular formula is C16H12BrFO3. The third-order valence-corrected chi connectivity index (χ3v) is 3.84. The number of rotatable bonds is 2. The minimum Gasteiger partial charge on any atom is -0.490 e. The van der Waals surface area contributed by atoms with Crippen molar-refractivity contribution in [3.63, 3.8) is 0 Å². The lowest BCUT2D eigenvalue weighted by molar-refractivity contribution is 0.103. The van der Waals surface area contributed by atoms with E-state index in [2.05, 4.69) is 15.9 Å². The quantitative estimate of drug-likeness (QED) is 0.768. The molecule has 1 aliphatic rings. The first-order chi connectivity index (χ1) is 10.1. The van der Waals surface area contributed by atoms with Gasteiger partial charge < -0.3 is 9.47 Å². The normalized spacial score (nSPS) is 13.6. The average Bonchev–Trinajstić information content (AvgIpc) is 2.71. The van der Waals surface area contributed by atoms with E-state index in [0.717, 1.165) is 6.42 Å². The Morgan fingerprint density at radius 1 is 1.05 bits per heavy atom. The molecule has 0 saturated heterocycles. The summed E-state index contributed by atoms with van der Waals surface area (Å²) in [6.45, 7) is 1.14. The molecule has 0 aromatic heterocycles. The van der Waals surface area contributed by atoms with Gasteiger partial charge in [0, 0.05) is 22.0 Å². The second-order valence-corrected chi connectivity index (χ2v) is 5.52.